The number of aryl methyl sites for hydroxylation is 2. The number of anilines is 2. The van der Waals surface area contributed by atoms with Crippen molar-refractivity contribution in [1.29, 1.82) is 0 Å². The molecule has 0 atom stereocenters. The van der Waals surface area contributed by atoms with Gasteiger partial charge in [-0.05, 0) is 25.5 Å². The molecule has 4 heterocycles. The number of benzene rings is 1. The quantitative estimate of drug-likeness (QED) is 0.483. The molecule has 1 aliphatic heterocycles. The van der Waals surface area contributed by atoms with Crippen molar-refractivity contribution in [3.8, 4) is 0 Å². The largest absolute Gasteiger partial charge is 0.379 e. The highest BCUT2D eigenvalue weighted by Crippen LogP contribution is 2.25. The fourth-order valence-electron chi connectivity index (χ4n) is 4.05. The second-order valence-electron chi connectivity index (χ2n) is 8.15. The summed E-state index contributed by atoms with van der Waals surface area (Å²) in [4.78, 5) is 7.19. The molecule has 1 aromatic carbocycles. The molecule has 1 fully saturated rings. The van der Waals surface area contributed by atoms with Crippen molar-refractivity contribution in [3.05, 3.63) is 70.4 Å². The predicted molar refractivity (Wildman–Crippen MR) is 120 cm³/mol. The van der Waals surface area contributed by atoms with Gasteiger partial charge in [0.1, 0.15) is 11.6 Å². The Hall–Kier alpha value is -3.30. The minimum absolute atomic E-state index is 0.221. The number of nitrogens with one attached hydrogen (secondary N) is 2. The summed E-state index contributed by atoms with van der Waals surface area (Å²) in [5.74, 6) is 1.16. The van der Waals surface area contributed by atoms with Gasteiger partial charge in [0.15, 0.2) is 11.5 Å². The van der Waals surface area contributed by atoms with Crippen LogP contribution in [0, 0.1) is 19.7 Å². The number of H-pyrrole nitrogens is 1. The third kappa shape index (κ3) is 4.21. The maximum Gasteiger partial charge on any atom is 0.161 e. The summed E-state index contributed by atoms with van der Waals surface area (Å²) in [6, 6.07) is 10.8. The molecule has 3 aromatic heterocycles. The summed E-state index contributed by atoms with van der Waals surface area (Å²) < 4.78 is 21.8. The molecule has 0 saturated carbocycles. The number of morpholine rings is 1. The van der Waals surface area contributed by atoms with Gasteiger partial charge in [0, 0.05) is 49.4 Å². The molecule has 0 aliphatic carbocycles. The minimum atomic E-state index is -0.221. The fraction of sp³-hybridized carbons (Fsp3) is 0.348. The highest BCUT2D eigenvalue weighted by atomic mass is 19.1. The molecular formula is C23H26FN7O. The monoisotopic (exact) mass is 435 g/mol. The van der Waals surface area contributed by atoms with Crippen LogP contribution in [0.25, 0.3) is 5.65 Å². The highest BCUT2D eigenvalue weighted by molar-refractivity contribution is 5.60. The molecule has 0 radical (unpaired) electrons. The summed E-state index contributed by atoms with van der Waals surface area (Å²) in [5, 5.41) is 15.3. The van der Waals surface area contributed by atoms with Gasteiger partial charge < -0.3 is 10.1 Å². The maximum atomic E-state index is 14.4. The highest BCUT2D eigenvalue weighted by Gasteiger charge is 2.19. The number of halogens is 1. The van der Waals surface area contributed by atoms with E-state index in [9.17, 15) is 4.39 Å². The molecule has 32 heavy (non-hydrogen) atoms. The Kier molecular flexibility index (Phi) is 5.59. The Morgan fingerprint density at radius 3 is 2.69 bits per heavy atom. The van der Waals surface area contributed by atoms with Crippen LogP contribution in [0.4, 0.5) is 16.0 Å². The van der Waals surface area contributed by atoms with Crippen LogP contribution in [-0.2, 0) is 17.7 Å². The normalized spacial score (nSPS) is 14.8. The first kappa shape index (κ1) is 20.6. The number of hydrogen-bond acceptors (Lipinski definition) is 6. The summed E-state index contributed by atoms with van der Waals surface area (Å²) in [5.41, 5.74) is 5.09. The van der Waals surface area contributed by atoms with Crippen molar-refractivity contribution < 1.29 is 9.13 Å². The first-order valence-corrected chi connectivity index (χ1v) is 10.8. The van der Waals surface area contributed by atoms with Crippen molar-refractivity contribution in [1.82, 2.24) is 29.7 Å². The van der Waals surface area contributed by atoms with E-state index in [-0.39, 0.29) is 5.82 Å². The average molecular weight is 436 g/mol. The van der Waals surface area contributed by atoms with Crippen LogP contribution in [0.15, 0.2) is 36.4 Å². The van der Waals surface area contributed by atoms with Gasteiger partial charge in [-0.2, -0.15) is 10.2 Å². The summed E-state index contributed by atoms with van der Waals surface area (Å²) in [6.45, 7) is 7.81. The topological polar surface area (TPSA) is 83.4 Å². The third-order valence-electron chi connectivity index (χ3n) is 5.74. The van der Waals surface area contributed by atoms with E-state index >= 15 is 0 Å². The molecule has 0 bridgehead atoms. The maximum absolute atomic E-state index is 14.4. The van der Waals surface area contributed by atoms with Gasteiger partial charge >= 0.3 is 0 Å². The van der Waals surface area contributed by atoms with E-state index in [1.807, 2.05) is 42.6 Å². The zero-order valence-electron chi connectivity index (χ0n) is 18.2. The van der Waals surface area contributed by atoms with E-state index in [2.05, 4.69) is 20.4 Å². The van der Waals surface area contributed by atoms with Crippen molar-refractivity contribution in [2.75, 3.05) is 31.6 Å². The lowest BCUT2D eigenvalue weighted by Crippen LogP contribution is -2.36. The summed E-state index contributed by atoms with van der Waals surface area (Å²) in [7, 11) is 0. The molecule has 166 valence electrons. The van der Waals surface area contributed by atoms with Gasteiger partial charge in [0.25, 0.3) is 0 Å². The van der Waals surface area contributed by atoms with Gasteiger partial charge in [-0.15, -0.1) is 0 Å². The number of rotatable bonds is 6. The van der Waals surface area contributed by atoms with E-state index in [1.165, 1.54) is 6.07 Å². The zero-order chi connectivity index (χ0) is 22.1. The predicted octanol–water partition coefficient (Wildman–Crippen LogP) is 3.37. The molecular weight excluding hydrogens is 409 g/mol. The molecule has 2 N–H and O–H groups in total. The van der Waals surface area contributed by atoms with Crippen LogP contribution in [-0.4, -0.2) is 56.0 Å². The molecule has 0 unspecified atom stereocenters. The molecule has 1 aliphatic rings. The third-order valence-corrected chi connectivity index (χ3v) is 5.74. The molecule has 0 spiro atoms. The lowest BCUT2D eigenvalue weighted by Gasteiger charge is -2.26. The van der Waals surface area contributed by atoms with Gasteiger partial charge in [-0.25, -0.2) is 13.9 Å². The van der Waals surface area contributed by atoms with Gasteiger partial charge in [-0.1, -0.05) is 18.2 Å². The van der Waals surface area contributed by atoms with Crippen LogP contribution in [0.5, 0.6) is 0 Å². The van der Waals surface area contributed by atoms with E-state index in [1.54, 1.807) is 6.07 Å². The van der Waals surface area contributed by atoms with Gasteiger partial charge in [0.2, 0.25) is 0 Å². The Morgan fingerprint density at radius 2 is 1.94 bits per heavy atom. The first-order chi connectivity index (χ1) is 15.6. The zero-order valence-corrected chi connectivity index (χ0v) is 18.2. The van der Waals surface area contributed by atoms with E-state index < -0.39 is 0 Å². The molecule has 9 heteroatoms. The fourth-order valence-corrected chi connectivity index (χ4v) is 4.05. The van der Waals surface area contributed by atoms with Crippen LogP contribution in [0.3, 0.4) is 0 Å². The average Bonchev–Trinajstić information content (AvgIpc) is 3.33. The van der Waals surface area contributed by atoms with Crippen LogP contribution < -0.4 is 5.32 Å². The SMILES string of the molecule is Cc1cc(Nc2cc(CN3CCOCC3)n3nc(C)c(Cc4ccccc4F)c3n2)n[nH]1. The molecule has 5 rings (SSSR count). The van der Waals surface area contributed by atoms with E-state index in [4.69, 9.17) is 14.8 Å². The van der Waals surface area contributed by atoms with Crippen LogP contribution in [0.2, 0.25) is 0 Å². The summed E-state index contributed by atoms with van der Waals surface area (Å²) in [6.07, 6.45) is 0.428. The standard InChI is InChI=1S/C23H26FN7O/c1-15-11-22(28-27-15)25-21-13-18(14-30-7-9-32-10-8-30)31-23(26-21)19(16(2)29-31)12-17-5-3-4-6-20(17)24/h3-6,11,13H,7-10,12,14H2,1-2H3,(H2,25,26,27,28). The number of ether oxygens (including phenoxy) is 1. The van der Waals surface area contributed by atoms with Gasteiger partial charge in [-0.3, -0.25) is 10.00 Å². The van der Waals surface area contributed by atoms with Crippen molar-refractivity contribution >= 4 is 17.3 Å². The Bertz CT molecular complexity index is 1240. The van der Waals surface area contributed by atoms with Gasteiger partial charge in [0.05, 0.1) is 24.6 Å². The Balaban J connectivity index is 1.57. The lowest BCUT2D eigenvalue weighted by molar-refractivity contribution is 0.0334. The van der Waals surface area contributed by atoms with E-state index in [0.717, 1.165) is 61.1 Å². The second kappa shape index (κ2) is 8.68. The summed E-state index contributed by atoms with van der Waals surface area (Å²) >= 11 is 0. The van der Waals surface area contributed by atoms with Crippen molar-refractivity contribution in [3.63, 3.8) is 0 Å². The molecule has 4 aromatic rings. The van der Waals surface area contributed by atoms with Crippen LogP contribution >= 0.6 is 0 Å². The number of aromatic amines is 1. The number of aromatic nitrogens is 5. The number of hydrogen-bond donors (Lipinski definition) is 2. The number of fused-ring (bicyclic) bond motifs is 1. The molecule has 1 saturated heterocycles. The second-order valence-corrected chi connectivity index (χ2v) is 8.15. The molecule has 0 amide bonds. The van der Waals surface area contributed by atoms with E-state index in [0.29, 0.717) is 23.6 Å². The smallest absolute Gasteiger partial charge is 0.161 e. The Morgan fingerprint density at radius 1 is 1.12 bits per heavy atom. The molecule has 8 nitrogen and oxygen atoms in total. The Labute approximate surface area is 185 Å². The van der Waals surface area contributed by atoms with Crippen molar-refractivity contribution in [2.45, 2.75) is 26.8 Å². The lowest BCUT2D eigenvalue weighted by atomic mass is 10.0. The number of nitrogens with zero attached hydrogens (tertiary/aromatic N) is 5. The van der Waals surface area contributed by atoms with Crippen LogP contribution in [0.1, 0.15) is 28.2 Å². The first-order valence-electron chi connectivity index (χ1n) is 10.8. The van der Waals surface area contributed by atoms with Crippen molar-refractivity contribution in [2.24, 2.45) is 0 Å². The minimum Gasteiger partial charge on any atom is -0.379 e.